The first-order chi connectivity index (χ1) is 10.7. The van der Waals surface area contributed by atoms with Gasteiger partial charge in [0, 0.05) is 19.0 Å². The molecule has 0 atom stereocenters. The molecule has 22 heavy (non-hydrogen) atoms. The van der Waals surface area contributed by atoms with Gasteiger partial charge < -0.3 is 10.1 Å². The second-order valence-electron chi connectivity index (χ2n) is 4.40. The van der Waals surface area contributed by atoms with Crippen LogP contribution in [-0.4, -0.2) is 38.9 Å². The van der Waals surface area contributed by atoms with Crippen LogP contribution in [0.3, 0.4) is 0 Å². The van der Waals surface area contributed by atoms with Gasteiger partial charge in [0.25, 0.3) is 5.91 Å². The van der Waals surface area contributed by atoms with Crippen molar-refractivity contribution in [1.29, 1.82) is 0 Å². The average Bonchev–Trinajstić information content (AvgIpc) is 3.06. The second-order valence-corrected chi connectivity index (χ2v) is 5.44. The molecule has 7 nitrogen and oxygen atoms in total. The molecule has 0 aliphatic rings. The highest BCUT2D eigenvalue weighted by Gasteiger charge is 2.07. The molecule has 1 amide bonds. The predicted molar refractivity (Wildman–Crippen MR) is 77.3 cm³/mol. The van der Waals surface area contributed by atoms with Crippen LogP contribution < -0.4 is 10.1 Å². The van der Waals surface area contributed by atoms with E-state index in [4.69, 9.17) is 4.74 Å². The van der Waals surface area contributed by atoms with Gasteiger partial charge in [0.2, 0.25) is 4.96 Å². The van der Waals surface area contributed by atoms with E-state index in [0.717, 1.165) is 9.97 Å². The van der Waals surface area contributed by atoms with Crippen molar-refractivity contribution in [3.63, 3.8) is 0 Å². The van der Waals surface area contributed by atoms with Crippen LogP contribution in [0.4, 0.5) is 4.39 Å². The van der Waals surface area contributed by atoms with E-state index in [9.17, 15) is 9.18 Å². The van der Waals surface area contributed by atoms with E-state index >= 15 is 0 Å². The fourth-order valence-electron chi connectivity index (χ4n) is 1.77. The minimum atomic E-state index is -0.402. The van der Waals surface area contributed by atoms with Gasteiger partial charge in [0.15, 0.2) is 6.61 Å². The Bertz CT molecular complexity index is 759. The summed E-state index contributed by atoms with van der Waals surface area (Å²) < 4.78 is 19.7. The average molecular weight is 321 g/mol. The van der Waals surface area contributed by atoms with Gasteiger partial charge in [-0.2, -0.15) is 9.61 Å². The molecule has 0 bridgehead atoms. The number of nitrogens with one attached hydrogen (secondary N) is 1. The number of nitrogens with zero attached hydrogens (tertiary/aromatic N) is 4. The van der Waals surface area contributed by atoms with Crippen molar-refractivity contribution >= 4 is 22.2 Å². The van der Waals surface area contributed by atoms with E-state index in [1.807, 2.05) is 0 Å². The quantitative estimate of drug-likeness (QED) is 0.734. The van der Waals surface area contributed by atoms with Crippen molar-refractivity contribution in [3.05, 3.63) is 41.4 Å². The Morgan fingerprint density at radius 3 is 3.18 bits per heavy atom. The zero-order chi connectivity index (χ0) is 15.4. The van der Waals surface area contributed by atoms with Gasteiger partial charge in [-0.3, -0.25) is 4.79 Å². The molecule has 0 saturated heterocycles. The monoisotopic (exact) mass is 321 g/mol. The third-order valence-electron chi connectivity index (χ3n) is 2.76. The molecule has 3 aromatic rings. The molecule has 0 radical (unpaired) electrons. The summed E-state index contributed by atoms with van der Waals surface area (Å²) in [5.74, 6) is -0.350. The Morgan fingerprint density at radius 2 is 2.36 bits per heavy atom. The van der Waals surface area contributed by atoms with Crippen LogP contribution in [-0.2, 0) is 11.2 Å². The summed E-state index contributed by atoms with van der Waals surface area (Å²) in [7, 11) is 0. The molecule has 0 aliphatic heterocycles. The fourth-order valence-corrected chi connectivity index (χ4v) is 2.58. The molecule has 0 fully saturated rings. The third kappa shape index (κ3) is 3.55. The van der Waals surface area contributed by atoms with E-state index in [1.54, 1.807) is 10.6 Å². The Kier molecular flexibility index (Phi) is 4.24. The summed E-state index contributed by atoms with van der Waals surface area (Å²) in [5, 5.41) is 15.4. The zero-order valence-corrected chi connectivity index (χ0v) is 12.2. The van der Waals surface area contributed by atoms with Crippen molar-refractivity contribution in [2.24, 2.45) is 0 Å². The topological polar surface area (TPSA) is 81.4 Å². The molecule has 0 saturated carbocycles. The number of ether oxygens (including phenoxy) is 1. The maximum Gasteiger partial charge on any atom is 0.257 e. The molecule has 0 aliphatic carbocycles. The molecule has 3 rings (SSSR count). The summed E-state index contributed by atoms with van der Waals surface area (Å²) in [6.45, 7) is 0.282. The Labute approximate surface area is 128 Å². The molecule has 2 aromatic heterocycles. The lowest BCUT2D eigenvalue weighted by molar-refractivity contribution is -0.123. The van der Waals surface area contributed by atoms with Crippen molar-refractivity contribution in [3.8, 4) is 5.75 Å². The summed E-state index contributed by atoms with van der Waals surface area (Å²) in [5.41, 5.74) is 0. The van der Waals surface area contributed by atoms with Crippen LogP contribution in [0, 0.1) is 5.82 Å². The van der Waals surface area contributed by atoms with Gasteiger partial charge in [0.05, 0.1) is 0 Å². The standard InChI is InChI=1S/C13H12FN5O2S/c14-9-2-1-3-10(6-9)21-7-11(20)15-5-4-12-18-19-8-16-17-13(19)22-12/h1-3,6,8H,4-5,7H2,(H,15,20). The number of hydrogen-bond donors (Lipinski definition) is 1. The zero-order valence-electron chi connectivity index (χ0n) is 11.4. The maximum absolute atomic E-state index is 12.9. The first-order valence-corrected chi connectivity index (χ1v) is 7.33. The van der Waals surface area contributed by atoms with Crippen LogP contribution >= 0.6 is 11.3 Å². The van der Waals surface area contributed by atoms with Crippen LogP contribution in [0.5, 0.6) is 5.75 Å². The highest BCUT2D eigenvalue weighted by Crippen LogP contribution is 2.12. The summed E-state index contributed by atoms with van der Waals surface area (Å²) >= 11 is 1.42. The van der Waals surface area contributed by atoms with Crippen LogP contribution in [0.15, 0.2) is 30.6 Å². The summed E-state index contributed by atoms with van der Waals surface area (Å²) in [4.78, 5) is 12.4. The van der Waals surface area contributed by atoms with E-state index in [1.165, 1.54) is 35.9 Å². The lowest BCUT2D eigenvalue weighted by Crippen LogP contribution is -2.30. The van der Waals surface area contributed by atoms with Crippen LogP contribution in [0.2, 0.25) is 0 Å². The minimum absolute atomic E-state index is 0.158. The van der Waals surface area contributed by atoms with Crippen LogP contribution in [0.1, 0.15) is 5.01 Å². The first kappa shape index (κ1) is 14.4. The number of carbonyl (C=O) groups is 1. The molecule has 0 unspecified atom stereocenters. The van der Waals surface area contributed by atoms with E-state index in [0.29, 0.717) is 18.7 Å². The highest BCUT2D eigenvalue weighted by atomic mass is 32.1. The molecular weight excluding hydrogens is 309 g/mol. The van der Waals surface area contributed by atoms with Crippen molar-refractivity contribution in [2.45, 2.75) is 6.42 Å². The Balaban J connectivity index is 1.41. The number of aromatic nitrogens is 4. The van der Waals surface area contributed by atoms with Gasteiger partial charge in [-0.05, 0) is 12.1 Å². The lowest BCUT2D eigenvalue weighted by atomic mass is 10.3. The fraction of sp³-hybridized carbons (Fsp3) is 0.231. The maximum atomic E-state index is 12.9. The van der Waals surface area contributed by atoms with Gasteiger partial charge in [-0.25, -0.2) is 4.39 Å². The predicted octanol–water partition coefficient (Wildman–Crippen LogP) is 1.06. The summed E-state index contributed by atoms with van der Waals surface area (Å²) in [6.07, 6.45) is 2.13. The number of rotatable bonds is 6. The van der Waals surface area contributed by atoms with Gasteiger partial charge in [-0.1, -0.05) is 17.4 Å². The van der Waals surface area contributed by atoms with Crippen LogP contribution in [0.25, 0.3) is 4.96 Å². The molecule has 1 N–H and O–H groups in total. The molecule has 114 valence electrons. The Morgan fingerprint density at radius 1 is 1.45 bits per heavy atom. The normalized spacial score (nSPS) is 10.8. The van der Waals surface area contributed by atoms with Gasteiger partial charge >= 0.3 is 0 Å². The molecule has 0 spiro atoms. The van der Waals surface area contributed by atoms with E-state index in [-0.39, 0.29) is 12.5 Å². The highest BCUT2D eigenvalue weighted by molar-refractivity contribution is 7.16. The van der Waals surface area contributed by atoms with Gasteiger partial charge in [-0.15, -0.1) is 10.2 Å². The number of amides is 1. The largest absolute Gasteiger partial charge is 0.484 e. The number of halogens is 1. The number of hydrogen-bond acceptors (Lipinski definition) is 6. The van der Waals surface area contributed by atoms with Crippen molar-refractivity contribution in [2.75, 3.05) is 13.2 Å². The number of carbonyl (C=O) groups excluding carboxylic acids is 1. The SMILES string of the molecule is O=C(COc1cccc(F)c1)NCCc1nn2cnnc2s1. The van der Waals surface area contributed by atoms with Gasteiger partial charge in [0.1, 0.15) is 22.9 Å². The lowest BCUT2D eigenvalue weighted by Gasteiger charge is -2.06. The number of benzene rings is 1. The molecule has 9 heteroatoms. The first-order valence-electron chi connectivity index (χ1n) is 6.51. The Hall–Kier alpha value is -2.55. The molecular formula is C13H12FN5O2S. The molecule has 1 aromatic carbocycles. The smallest absolute Gasteiger partial charge is 0.257 e. The number of fused-ring (bicyclic) bond motifs is 1. The van der Waals surface area contributed by atoms with Crippen molar-refractivity contribution < 1.29 is 13.9 Å². The minimum Gasteiger partial charge on any atom is -0.484 e. The second kappa shape index (κ2) is 6.48. The third-order valence-corrected chi connectivity index (χ3v) is 3.73. The van der Waals surface area contributed by atoms with E-state index in [2.05, 4.69) is 20.6 Å². The summed E-state index contributed by atoms with van der Waals surface area (Å²) in [6, 6.07) is 5.66. The molecule has 2 heterocycles. The van der Waals surface area contributed by atoms with Crippen molar-refractivity contribution in [1.82, 2.24) is 25.1 Å². The van der Waals surface area contributed by atoms with E-state index < -0.39 is 5.82 Å².